The first-order chi connectivity index (χ1) is 13.1. The number of nitrogens with one attached hydrogen (secondary N) is 2. The Morgan fingerprint density at radius 3 is 2.78 bits per heavy atom. The molecule has 2 aromatic heterocycles. The van der Waals surface area contributed by atoms with Gasteiger partial charge in [0, 0.05) is 12.7 Å². The maximum Gasteiger partial charge on any atom is 0.242 e. The minimum Gasteiger partial charge on any atom is -0.479 e. The Morgan fingerprint density at radius 2 is 2.07 bits per heavy atom. The van der Waals surface area contributed by atoms with Crippen LogP contribution < -0.4 is 10.1 Å². The summed E-state index contributed by atoms with van der Waals surface area (Å²) in [5.41, 5.74) is 2.77. The molecule has 2 heterocycles. The molecular formula is C20H25N5O2. The Morgan fingerprint density at radius 1 is 1.30 bits per heavy atom. The first-order valence-electron chi connectivity index (χ1n) is 8.98. The molecule has 0 saturated heterocycles. The molecule has 3 aromatic rings. The van der Waals surface area contributed by atoms with Crippen molar-refractivity contribution in [2.24, 2.45) is 4.99 Å². The van der Waals surface area contributed by atoms with Crippen molar-refractivity contribution in [2.45, 2.75) is 33.4 Å². The molecule has 7 heteroatoms. The Bertz CT molecular complexity index is 921. The maximum absolute atomic E-state index is 5.56. The van der Waals surface area contributed by atoms with E-state index in [0.29, 0.717) is 24.9 Å². The molecule has 0 aliphatic carbocycles. The number of rotatable bonds is 7. The molecule has 142 valence electrons. The molecule has 0 fully saturated rings. The molecule has 0 amide bonds. The molecule has 1 aromatic carbocycles. The van der Waals surface area contributed by atoms with Crippen LogP contribution in [0.1, 0.15) is 38.1 Å². The van der Waals surface area contributed by atoms with Crippen molar-refractivity contribution in [2.75, 3.05) is 19.0 Å². The number of aliphatic imine (C=N–C) groups is 1. The second-order valence-electron chi connectivity index (χ2n) is 6.17. The lowest BCUT2D eigenvalue weighted by Gasteiger charge is -2.12. The lowest BCUT2D eigenvalue weighted by molar-refractivity contribution is 0.132. The largest absolute Gasteiger partial charge is 0.479 e. The van der Waals surface area contributed by atoms with Gasteiger partial charge in [-0.1, -0.05) is 30.3 Å². The summed E-state index contributed by atoms with van der Waals surface area (Å²) in [6.45, 7) is 6.94. The molecule has 1 unspecified atom stereocenters. The van der Waals surface area contributed by atoms with Crippen LogP contribution in [0.5, 0.6) is 5.88 Å². The van der Waals surface area contributed by atoms with Crippen molar-refractivity contribution in [3.8, 4) is 5.88 Å². The Kier molecular flexibility index (Phi) is 6.03. The van der Waals surface area contributed by atoms with Gasteiger partial charge in [0.2, 0.25) is 5.88 Å². The van der Waals surface area contributed by atoms with E-state index < -0.39 is 0 Å². The van der Waals surface area contributed by atoms with Crippen molar-refractivity contribution in [1.82, 2.24) is 15.2 Å². The third-order valence-electron chi connectivity index (χ3n) is 4.20. The number of methoxy groups -OCH3 is 1. The Labute approximate surface area is 158 Å². The summed E-state index contributed by atoms with van der Waals surface area (Å²) in [5, 5.41) is 11.3. The molecule has 0 saturated carbocycles. The number of nitrogens with zero attached hydrogens (tertiary/aromatic N) is 3. The molecule has 0 aliphatic heterocycles. The number of anilines is 1. The Balaban J connectivity index is 1.86. The molecule has 0 aliphatic rings. The van der Waals surface area contributed by atoms with Crippen molar-refractivity contribution in [3.05, 3.63) is 47.7 Å². The number of amidine groups is 1. The number of benzene rings is 1. The molecule has 2 N–H and O–H groups in total. The number of fused-ring (bicyclic) bond motifs is 1. The highest BCUT2D eigenvalue weighted by Gasteiger charge is 2.15. The maximum atomic E-state index is 5.56. The second kappa shape index (κ2) is 8.64. The fourth-order valence-electron chi connectivity index (χ4n) is 2.92. The van der Waals surface area contributed by atoms with E-state index in [1.165, 1.54) is 0 Å². The Hall–Kier alpha value is -2.93. The minimum atomic E-state index is 0.0533. The molecule has 0 bridgehead atoms. The normalized spacial score (nSPS) is 13.0. The molecular weight excluding hydrogens is 342 g/mol. The van der Waals surface area contributed by atoms with Crippen LogP contribution in [0.15, 0.2) is 41.4 Å². The lowest BCUT2D eigenvalue weighted by atomic mass is 10.1. The number of ether oxygens (including phenoxy) is 2. The number of pyridine rings is 1. The van der Waals surface area contributed by atoms with Crippen LogP contribution in [-0.4, -0.2) is 34.7 Å². The summed E-state index contributed by atoms with van der Waals surface area (Å²) < 4.78 is 10.9. The van der Waals surface area contributed by atoms with Crippen LogP contribution in [0, 0.1) is 0 Å². The van der Waals surface area contributed by atoms with Crippen molar-refractivity contribution >= 4 is 22.6 Å². The van der Waals surface area contributed by atoms with Crippen LogP contribution in [-0.2, 0) is 11.3 Å². The van der Waals surface area contributed by atoms with Crippen molar-refractivity contribution in [1.29, 1.82) is 0 Å². The number of hydrogen-bond donors (Lipinski definition) is 2. The predicted octanol–water partition coefficient (Wildman–Crippen LogP) is 4.09. The van der Waals surface area contributed by atoms with Gasteiger partial charge in [0.1, 0.15) is 5.82 Å². The van der Waals surface area contributed by atoms with E-state index >= 15 is 0 Å². The number of aromatic amines is 1. The van der Waals surface area contributed by atoms with Gasteiger partial charge in [-0.25, -0.2) is 4.98 Å². The van der Waals surface area contributed by atoms with Gasteiger partial charge >= 0.3 is 0 Å². The SMILES string of the molecule is CCOCc1nc(NC(C)=NC(C)c2ccccc2)cc2[nH]nc(OC)c12. The van der Waals surface area contributed by atoms with E-state index in [0.717, 1.165) is 28.0 Å². The summed E-state index contributed by atoms with van der Waals surface area (Å²) in [6.07, 6.45) is 0. The van der Waals surface area contributed by atoms with E-state index in [1.54, 1.807) is 7.11 Å². The summed E-state index contributed by atoms with van der Waals surface area (Å²) in [6, 6.07) is 12.1. The number of H-pyrrole nitrogens is 1. The average Bonchev–Trinajstić information content (AvgIpc) is 3.09. The van der Waals surface area contributed by atoms with Crippen LogP contribution in [0.3, 0.4) is 0 Å². The van der Waals surface area contributed by atoms with Gasteiger partial charge in [0.25, 0.3) is 0 Å². The van der Waals surface area contributed by atoms with Crippen molar-refractivity contribution < 1.29 is 9.47 Å². The van der Waals surface area contributed by atoms with E-state index in [-0.39, 0.29) is 6.04 Å². The van der Waals surface area contributed by atoms with Gasteiger partial charge < -0.3 is 14.8 Å². The van der Waals surface area contributed by atoms with E-state index in [2.05, 4.69) is 39.6 Å². The fourth-order valence-corrected chi connectivity index (χ4v) is 2.92. The van der Waals surface area contributed by atoms with Crippen molar-refractivity contribution in [3.63, 3.8) is 0 Å². The highest BCUT2D eigenvalue weighted by Crippen LogP contribution is 2.28. The molecule has 3 rings (SSSR count). The average molecular weight is 367 g/mol. The monoisotopic (exact) mass is 367 g/mol. The molecule has 1 atom stereocenters. The van der Waals surface area contributed by atoms with E-state index in [4.69, 9.17) is 14.5 Å². The van der Waals surface area contributed by atoms with Crippen LogP contribution in [0.2, 0.25) is 0 Å². The first-order valence-corrected chi connectivity index (χ1v) is 8.98. The summed E-state index contributed by atoms with van der Waals surface area (Å²) >= 11 is 0. The third-order valence-corrected chi connectivity index (χ3v) is 4.20. The van der Waals surface area contributed by atoms with Crippen LogP contribution in [0.25, 0.3) is 10.9 Å². The van der Waals surface area contributed by atoms with E-state index in [9.17, 15) is 0 Å². The quantitative estimate of drug-likeness (QED) is 0.485. The van der Waals surface area contributed by atoms with E-state index in [1.807, 2.05) is 38.1 Å². The highest BCUT2D eigenvalue weighted by molar-refractivity contribution is 5.95. The molecule has 27 heavy (non-hydrogen) atoms. The zero-order valence-electron chi connectivity index (χ0n) is 16.1. The first kappa shape index (κ1) is 18.8. The molecule has 0 radical (unpaired) electrons. The van der Waals surface area contributed by atoms with Gasteiger partial charge in [0.05, 0.1) is 42.2 Å². The molecule has 7 nitrogen and oxygen atoms in total. The van der Waals surface area contributed by atoms with Gasteiger partial charge in [-0.2, -0.15) is 0 Å². The smallest absolute Gasteiger partial charge is 0.242 e. The highest BCUT2D eigenvalue weighted by atomic mass is 16.5. The van der Waals surface area contributed by atoms with Crippen LogP contribution >= 0.6 is 0 Å². The summed E-state index contributed by atoms with van der Waals surface area (Å²) in [4.78, 5) is 9.40. The zero-order chi connectivity index (χ0) is 19.2. The van der Waals surface area contributed by atoms with Gasteiger partial charge in [-0.3, -0.25) is 10.1 Å². The fraction of sp³-hybridized carbons (Fsp3) is 0.350. The third kappa shape index (κ3) is 4.43. The number of hydrogen-bond acceptors (Lipinski definition) is 5. The van der Waals surface area contributed by atoms with Gasteiger partial charge in [-0.05, 0) is 26.3 Å². The lowest BCUT2D eigenvalue weighted by Crippen LogP contribution is -2.11. The topological polar surface area (TPSA) is 84.4 Å². The number of aromatic nitrogens is 3. The molecule has 0 spiro atoms. The van der Waals surface area contributed by atoms with Gasteiger partial charge in [-0.15, -0.1) is 5.10 Å². The summed E-state index contributed by atoms with van der Waals surface area (Å²) in [7, 11) is 1.59. The standard InChI is InChI=1S/C20H25N5O2/c1-5-27-12-17-19-16(24-25-20(19)26-4)11-18(23-17)22-14(3)21-13(2)15-9-7-6-8-10-15/h6-11,13H,5,12H2,1-4H3,(H,24,25)(H,21,22,23). The zero-order valence-corrected chi connectivity index (χ0v) is 16.1. The minimum absolute atomic E-state index is 0.0533. The predicted molar refractivity (Wildman–Crippen MR) is 107 cm³/mol. The second-order valence-corrected chi connectivity index (χ2v) is 6.17. The van der Waals surface area contributed by atoms with Crippen LogP contribution in [0.4, 0.5) is 5.82 Å². The van der Waals surface area contributed by atoms with Gasteiger partial charge in [0.15, 0.2) is 0 Å². The summed E-state index contributed by atoms with van der Waals surface area (Å²) in [5.74, 6) is 1.99.